The molecule has 0 radical (unpaired) electrons. The first-order valence-corrected chi connectivity index (χ1v) is 9.66. The van der Waals surface area contributed by atoms with E-state index in [4.69, 9.17) is 9.26 Å². The Morgan fingerprint density at radius 3 is 2.72 bits per heavy atom. The van der Waals surface area contributed by atoms with E-state index in [0.29, 0.717) is 42.3 Å². The number of hydrogen-bond acceptors (Lipinski definition) is 6. The van der Waals surface area contributed by atoms with Crippen molar-refractivity contribution in [2.45, 2.75) is 45.7 Å². The van der Waals surface area contributed by atoms with Crippen LogP contribution in [-0.2, 0) is 25.9 Å². The standard InChI is InChI=1S/C20H21FN4O4/c1-2-16-22-18(23-29-16)17-15-5-3-4-10-24(15)20(27)25(19(17)26)11-12-28-14-8-6-13(21)7-9-14/h6-9H,2-5,10-12H2,1H3. The van der Waals surface area contributed by atoms with Gasteiger partial charge in [0.1, 0.15) is 23.7 Å². The van der Waals surface area contributed by atoms with Crippen LogP contribution in [0, 0.1) is 5.82 Å². The Balaban J connectivity index is 1.69. The van der Waals surface area contributed by atoms with Crippen LogP contribution in [0.25, 0.3) is 11.4 Å². The van der Waals surface area contributed by atoms with Gasteiger partial charge in [0, 0.05) is 18.7 Å². The van der Waals surface area contributed by atoms with Crippen molar-refractivity contribution in [2.75, 3.05) is 6.61 Å². The summed E-state index contributed by atoms with van der Waals surface area (Å²) < 4.78 is 26.5. The van der Waals surface area contributed by atoms with Crippen LogP contribution in [0.2, 0.25) is 0 Å². The first-order valence-electron chi connectivity index (χ1n) is 9.66. The van der Waals surface area contributed by atoms with E-state index in [9.17, 15) is 14.0 Å². The highest BCUT2D eigenvalue weighted by molar-refractivity contribution is 5.56. The zero-order chi connectivity index (χ0) is 20.4. The molecular formula is C20H21FN4O4. The van der Waals surface area contributed by atoms with Crippen LogP contribution in [0.4, 0.5) is 4.39 Å². The normalized spacial score (nSPS) is 13.3. The lowest BCUT2D eigenvalue weighted by Crippen LogP contribution is -2.44. The maximum absolute atomic E-state index is 13.2. The van der Waals surface area contributed by atoms with Crippen LogP contribution in [0.3, 0.4) is 0 Å². The minimum absolute atomic E-state index is 0.0564. The van der Waals surface area contributed by atoms with Gasteiger partial charge in [-0.3, -0.25) is 13.9 Å². The number of benzene rings is 1. The lowest BCUT2D eigenvalue weighted by atomic mass is 10.0. The summed E-state index contributed by atoms with van der Waals surface area (Å²) in [6, 6.07) is 5.56. The average Bonchev–Trinajstić information content (AvgIpc) is 3.21. The van der Waals surface area contributed by atoms with E-state index in [1.807, 2.05) is 6.92 Å². The number of halogens is 1. The van der Waals surface area contributed by atoms with Crippen molar-refractivity contribution in [1.29, 1.82) is 0 Å². The van der Waals surface area contributed by atoms with Gasteiger partial charge in [0.2, 0.25) is 11.7 Å². The predicted molar refractivity (Wildman–Crippen MR) is 102 cm³/mol. The van der Waals surface area contributed by atoms with E-state index < -0.39 is 5.56 Å². The third-order valence-electron chi connectivity index (χ3n) is 4.97. The zero-order valence-corrected chi connectivity index (χ0v) is 16.1. The van der Waals surface area contributed by atoms with Gasteiger partial charge in [-0.15, -0.1) is 0 Å². The maximum atomic E-state index is 13.2. The maximum Gasteiger partial charge on any atom is 0.331 e. The second-order valence-corrected chi connectivity index (χ2v) is 6.84. The van der Waals surface area contributed by atoms with Gasteiger partial charge in [-0.05, 0) is 43.5 Å². The monoisotopic (exact) mass is 400 g/mol. The van der Waals surface area contributed by atoms with E-state index in [2.05, 4.69) is 10.1 Å². The molecule has 0 saturated carbocycles. The van der Waals surface area contributed by atoms with Crippen LogP contribution in [0.1, 0.15) is 31.4 Å². The van der Waals surface area contributed by atoms with Crippen LogP contribution in [-0.4, -0.2) is 25.9 Å². The number of hydrogen-bond donors (Lipinski definition) is 0. The second kappa shape index (κ2) is 8.02. The molecular weight excluding hydrogens is 379 g/mol. The molecule has 3 aromatic rings. The van der Waals surface area contributed by atoms with Crippen molar-refractivity contribution in [3.63, 3.8) is 0 Å². The summed E-state index contributed by atoms with van der Waals surface area (Å²) in [7, 11) is 0. The molecule has 0 saturated heterocycles. The van der Waals surface area contributed by atoms with Gasteiger partial charge < -0.3 is 9.26 Å². The van der Waals surface area contributed by atoms with E-state index in [0.717, 1.165) is 17.4 Å². The van der Waals surface area contributed by atoms with Crippen LogP contribution >= 0.6 is 0 Å². The molecule has 2 aromatic heterocycles. The number of rotatable bonds is 6. The smallest absolute Gasteiger partial charge is 0.331 e. The molecule has 0 fully saturated rings. The fraction of sp³-hybridized carbons (Fsp3) is 0.400. The van der Waals surface area contributed by atoms with E-state index >= 15 is 0 Å². The average molecular weight is 400 g/mol. The molecule has 0 unspecified atom stereocenters. The molecule has 0 atom stereocenters. The largest absolute Gasteiger partial charge is 0.492 e. The van der Waals surface area contributed by atoms with Gasteiger partial charge in [0.05, 0.1) is 6.54 Å². The fourth-order valence-electron chi connectivity index (χ4n) is 3.50. The molecule has 152 valence electrons. The summed E-state index contributed by atoms with van der Waals surface area (Å²) in [6.07, 6.45) is 2.93. The second-order valence-electron chi connectivity index (χ2n) is 6.84. The molecule has 0 bridgehead atoms. The van der Waals surface area contributed by atoms with Gasteiger partial charge in [-0.25, -0.2) is 9.18 Å². The summed E-state index contributed by atoms with van der Waals surface area (Å²) in [6.45, 7) is 2.57. The molecule has 0 spiro atoms. The molecule has 1 aliphatic rings. The molecule has 0 N–H and O–H groups in total. The van der Waals surface area contributed by atoms with Gasteiger partial charge >= 0.3 is 5.69 Å². The Morgan fingerprint density at radius 2 is 2.00 bits per heavy atom. The van der Waals surface area contributed by atoms with E-state index in [-0.39, 0.29) is 30.5 Å². The third kappa shape index (κ3) is 3.72. The van der Waals surface area contributed by atoms with Crippen molar-refractivity contribution in [2.24, 2.45) is 0 Å². The van der Waals surface area contributed by atoms with E-state index in [1.54, 1.807) is 4.57 Å². The van der Waals surface area contributed by atoms with Gasteiger partial charge in [0.25, 0.3) is 5.56 Å². The molecule has 8 nitrogen and oxygen atoms in total. The summed E-state index contributed by atoms with van der Waals surface area (Å²) >= 11 is 0. The number of nitrogens with zero attached hydrogens (tertiary/aromatic N) is 4. The summed E-state index contributed by atoms with van der Waals surface area (Å²) in [5.74, 6) is 0.748. The zero-order valence-electron chi connectivity index (χ0n) is 16.1. The number of aromatic nitrogens is 4. The first kappa shape index (κ1) is 19.1. The van der Waals surface area contributed by atoms with E-state index in [1.165, 1.54) is 24.3 Å². The van der Waals surface area contributed by atoms with Gasteiger partial charge in [0.15, 0.2) is 0 Å². The Kier molecular flexibility index (Phi) is 5.28. The van der Waals surface area contributed by atoms with Crippen molar-refractivity contribution in [3.8, 4) is 17.1 Å². The van der Waals surface area contributed by atoms with Gasteiger partial charge in [-0.1, -0.05) is 12.1 Å². The van der Waals surface area contributed by atoms with Crippen LogP contribution in [0.5, 0.6) is 5.75 Å². The Bertz CT molecular complexity index is 1130. The molecule has 0 aliphatic carbocycles. The van der Waals surface area contributed by atoms with Crippen molar-refractivity contribution >= 4 is 0 Å². The summed E-state index contributed by atoms with van der Waals surface area (Å²) in [4.78, 5) is 30.4. The highest BCUT2D eigenvalue weighted by Crippen LogP contribution is 2.22. The Hall–Kier alpha value is -3.23. The van der Waals surface area contributed by atoms with Crippen molar-refractivity contribution in [1.82, 2.24) is 19.3 Å². The number of aryl methyl sites for hydroxylation is 1. The molecule has 0 amide bonds. The van der Waals surface area contributed by atoms with Crippen molar-refractivity contribution in [3.05, 3.63) is 62.5 Å². The first-order chi connectivity index (χ1) is 14.1. The molecule has 3 heterocycles. The lowest BCUT2D eigenvalue weighted by Gasteiger charge is -2.21. The number of fused-ring (bicyclic) bond motifs is 1. The minimum Gasteiger partial charge on any atom is -0.492 e. The highest BCUT2D eigenvalue weighted by atomic mass is 19.1. The van der Waals surface area contributed by atoms with Crippen molar-refractivity contribution < 1.29 is 13.7 Å². The molecule has 9 heteroatoms. The quantitative estimate of drug-likeness (QED) is 0.630. The predicted octanol–water partition coefficient (Wildman–Crippen LogP) is 2.18. The molecule has 29 heavy (non-hydrogen) atoms. The Labute approximate surface area is 165 Å². The SMILES string of the molecule is CCc1nc(-c2c3n(c(=O)n(CCOc4ccc(F)cc4)c2=O)CCCC3)no1. The highest BCUT2D eigenvalue weighted by Gasteiger charge is 2.25. The topological polar surface area (TPSA) is 92.2 Å². The summed E-state index contributed by atoms with van der Waals surface area (Å²) in [5.41, 5.74) is 0.157. The van der Waals surface area contributed by atoms with Crippen LogP contribution in [0.15, 0.2) is 38.4 Å². The lowest BCUT2D eigenvalue weighted by molar-refractivity contribution is 0.290. The Morgan fingerprint density at radius 1 is 1.21 bits per heavy atom. The third-order valence-corrected chi connectivity index (χ3v) is 4.97. The molecule has 1 aromatic carbocycles. The molecule has 4 rings (SSSR count). The van der Waals surface area contributed by atoms with Gasteiger partial charge in [-0.2, -0.15) is 4.98 Å². The molecule has 1 aliphatic heterocycles. The fourth-order valence-corrected chi connectivity index (χ4v) is 3.50. The number of ether oxygens (including phenoxy) is 1. The minimum atomic E-state index is -0.450. The summed E-state index contributed by atoms with van der Waals surface area (Å²) in [5, 5.41) is 3.95. The van der Waals surface area contributed by atoms with Crippen LogP contribution < -0.4 is 16.0 Å².